The van der Waals surface area contributed by atoms with Crippen LogP contribution in [0.4, 0.5) is 5.69 Å². The molecule has 0 aliphatic rings. The van der Waals surface area contributed by atoms with Gasteiger partial charge in [0, 0.05) is 6.07 Å². The maximum Gasteiger partial charge on any atom is 0.569 e. The van der Waals surface area contributed by atoms with E-state index in [2.05, 4.69) is 4.65 Å². The molecule has 0 bridgehead atoms. The second kappa shape index (κ2) is 3.91. The van der Waals surface area contributed by atoms with Gasteiger partial charge in [0.15, 0.2) is 0 Å². The van der Waals surface area contributed by atoms with Gasteiger partial charge in [-0.15, -0.1) is 0 Å². The maximum absolute atomic E-state index is 10.4. The van der Waals surface area contributed by atoms with E-state index in [9.17, 15) is 10.1 Å². The molecule has 6 heteroatoms. The molecule has 0 heterocycles. The number of benzene rings is 1. The Labute approximate surface area is 75.4 Å². The lowest BCUT2D eigenvalue weighted by Gasteiger charge is -2.02. The standard InChI is InChI=1S/C7H7BNO4/c1-5-2-6(9(11)12)4-7(3-5)13-8-10/h2-4,10H,1H3. The van der Waals surface area contributed by atoms with Crippen LogP contribution in [0.5, 0.6) is 5.75 Å². The molecule has 0 aliphatic carbocycles. The van der Waals surface area contributed by atoms with Crippen LogP contribution in [0.2, 0.25) is 0 Å². The lowest BCUT2D eigenvalue weighted by Crippen LogP contribution is -2.00. The normalized spacial score (nSPS) is 9.38. The number of aryl methyl sites for hydroxylation is 1. The van der Waals surface area contributed by atoms with E-state index in [1.807, 2.05) is 0 Å². The third-order valence-electron chi connectivity index (χ3n) is 1.44. The largest absolute Gasteiger partial charge is 0.569 e. The first-order valence-corrected chi connectivity index (χ1v) is 3.52. The second-order valence-electron chi connectivity index (χ2n) is 2.48. The predicted molar refractivity (Wildman–Crippen MR) is 46.4 cm³/mol. The molecule has 13 heavy (non-hydrogen) atoms. The van der Waals surface area contributed by atoms with Crippen LogP contribution >= 0.6 is 0 Å². The van der Waals surface area contributed by atoms with Gasteiger partial charge in [0.2, 0.25) is 0 Å². The lowest BCUT2D eigenvalue weighted by atomic mass is 10.2. The van der Waals surface area contributed by atoms with E-state index in [0.29, 0.717) is 13.2 Å². The van der Waals surface area contributed by atoms with Gasteiger partial charge in [0.05, 0.1) is 11.0 Å². The van der Waals surface area contributed by atoms with Crippen molar-refractivity contribution in [3.8, 4) is 5.75 Å². The quantitative estimate of drug-likeness (QED) is 0.424. The zero-order valence-corrected chi connectivity index (χ0v) is 6.93. The van der Waals surface area contributed by atoms with E-state index in [4.69, 9.17) is 5.02 Å². The molecule has 0 aromatic heterocycles. The van der Waals surface area contributed by atoms with Crippen LogP contribution in [0, 0.1) is 17.0 Å². The average Bonchev–Trinajstić information content (AvgIpc) is 2.03. The van der Waals surface area contributed by atoms with E-state index in [-0.39, 0.29) is 11.4 Å². The Morgan fingerprint density at radius 1 is 1.54 bits per heavy atom. The summed E-state index contributed by atoms with van der Waals surface area (Å²) >= 11 is 0. The molecule has 67 valence electrons. The molecule has 1 aromatic rings. The number of rotatable bonds is 3. The highest BCUT2D eigenvalue weighted by molar-refractivity contribution is 6.17. The highest BCUT2D eigenvalue weighted by Gasteiger charge is 2.08. The molecule has 0 fully saturated rings. The van der Waals surface area contributed by atoms with Crippen molar-refractivity contribution in [1.82, 2.24) is 0 Å². The van der Waals surface area contributed by atoms with Gasteiger partial charge in [-0.2, -0.15) is 0 Å². The van der Waals surface area contributed by atoms with E-state index in [1.54, 1.807) is 13.0 Å². The fourth-order valence-corrected chi connectivity index (χ4v) is 0.963. The van der Waals surface area contributed by atoms with Crippen molar-refractivity contribution in [2.75, 3.05) is 0 Å². The van der Waals surface area contributed by atoms with Crippen molar-refractivity contribution in [2.24, 2.45) is 0 Å². The molecule has 1 radical (unpaired) electrons. The smallest absolute Gasteiger partial charge is 0.537 e. The molecular formula is C7H7BNO4. The number of nitro groups is 1. The van der Waals surface area contributed by atoms with Crippen LogP contribution < -0.4 is 4.65 Å². The Morgan fingerprint density at radius 2 is 2.23 bits per heavy atom. The number of nitrogens with zero attached hydrogens (tertiary/aromatic N) is 1. The highest BCUT2D eigenvalue weighted by atomic mass is 16.6. The summed E-state index contributed by atoms with van der Waals surface area (Å²) in [4.78, 5) is 9.87. The number of nitro benzene ring substituents is 1. The van der Waals surface area contributed by atoms with Gasteiger partial charge in [-0.05, 0) is 18.6 Å². The molecule has 1 N–H and O–H groups in total. The van der Waals surface area contributed by atoms with Crippen LogP contribution in [-0.4, -0.2) is 17.6 Å². The molecule has 1 aromatic carbocycles. The molecule has 1 rings (SSSR count). The lowest BCUT2D eigenvalue weighted by molar-refractivity contribution is -0.384. The Balaban J connectivity index is 3.03. The molecule has 0 spiro atoms. The van der Waals surface area contributed by atoms with Gasteiger partial charge in [0.25, 0.3) is 5.69 Å². The third-order valence-corrected chi connectivity index (χ3v) is 1.44. The van der Waals surface area contributed by atoms with Crippen LogP contribution in [0.3, 0.4) is 0 Å². The minimum atomic E-state index is -0.517. The van der Waals surface area contributed by atoms with Gasteiger partial charge in [-0.1, -0.05) is 0 Å². The summed E-state index contributed by atoms with van der Waals surface area (Å²) in [6, 6.07) is 4.24. The maximum atomic E-state index is 10.4. The van der Waals surface area contributed by atoms with Crippen molar-refractivity contribution < 1.29 is 14.6 Å². The van der Waals surface area contributed by atoms with Crippen LogP contribution in [0.25, 0.3) is 0 Å². The van der Waals surface area contributed by atoms with Gasteiger partial charge >= 0.3 is 7.69 Å². The van der Waals surface area contributed by atoms with Crippen molar-refractivity contribution in [1.29, 1.82) is 0 Å². The molecule has 0 amide bonds. The van der Waals surface area contributed by atoms with Gasteiger partial charge in [0.1, 0.15) is 5.75 Å². The number of non-ortho nitro benzene ring substituents is 1. The summed E-state index contributed by atoms with van der Waals surface area (Å²) in [7, 11) is 0.485. The Bertz CT molecular complexity index is 328. The summed E-state index contributed by atoms with van der Waals surface area (Å²) < 4.78 is 4.60. The van der Waals surface area contributed by atoms with Crippen LogP contribution in [-0.2, 0) is 0 Å². The Hall–Kier alpha value is -1.56. The van der Waals surface area contributed by atoms with Gasteiger partial charge in [-0.25, -0.2) is 0 Å². The van der Waals surface area contributed by atoms with Crippen LogP contribution in [0.1, 0.15) is 5.56 Å². The van der Waals surface area contributed by atoms with E-state index in [0.717, 1.165) is 0 Å². The minimum Gasteiger partial charge on any atom is -0.537 e. The first kappa shape index (κ1) is 9.53. The highest BCUT2D eigenvalue weighted by Crippen LogP contribution is 2.21. The Morgan fingerprint density at radius 3 is 2.77 bits per heavy atom. The first-order valence-electron chi connectivity index (χ1n) is 3.52. The first-order chi connectivity index (χ1) is 6.13. The van der Waals surface area contributed by atoms with Crippen molar-refractivity contribution in [3.63, 3.8) is 0 Å². The molecule has 0 atom stereocenters. The topological polar surface area (TPSA) is 72.6 Å². The zero-order chi connectivity index (χ0) is 9.84. The predicted octanol–water partition coefficient (Wildman–Crippen LogP) is 0.809. The average molecular weight is 180 g/mol. The zero-order valence-electron chi connectivity index (χ0n) is 6.93. The van der Waals surface area contributed by atoms with Crippen molar-refractivity contribution in [2.45, 2.75) is 6.92 Å². The number of hydrogen-bond acceptors (Lipinski definition) is 4. The summed E-state index contributed by atoms with van der Waals surface area (Å²) in [5, 5.41) is 18.7. The third kappa shape index (κ3) is 2.45. The molecular weight excluding hydrogens is 173 g/mol. The summed E-state index contributed by atoms with van der Waals surface area (Å²) in [5.41, 5.74) is 0.642. The Kier molecular flexibility index (Phi) is 2.86. The molecule has 0 saturated heterocycles. The number of hydrogen-bond donors (Lipinski definition) is 1. The summed E-state index contributed by atoms with van der Waals surface area (Å²) in [6.45, 7) is 1.71. The van der Waals surface area contributed by atoms with Crippen LogP contribution in [0.15, 0.2) is 18.2 Å². The molecule has 0 aliphatic heterocycles. The SMILES string of the molecule is Cc1cc(O[B]O)cc([N+](=O)[O-])c1. The fourth-order valence-electron chi connectivity index (χ4n) is 0.963. The van der Waals surface area contributed by atoms with Gasteiger partial charge in [-0.3, -0.25) is 10.1 Å². The van der Waals surface area contributed by atoms with E-state index >= 15 is 0 Å². The second-order valence-corrected chi connectivity index (χ2v) is 2.48. The van der Waals surface area contributed by atoms with Gasteiger partial charge < -0.3 is 9.68 Å². The molecule has 0 unspecified atom stereocenters. The monoisotopic (exact) mass is 180 g/mol. The molecule has 5 nitrogen and oxygen atoms in total. The summed E-state index contributed by atoms with van der Waals surface area (Å²) in [6.07, 6.45) is 0. The molecule has 0 saturated carbocycles. The van der Waals surface area contributed by atoms with Crippen molar-refractivity contribution in [3.05, 3.63) is 33.9 Å². The van der Waals surface area contributed by atoms with E-state index in [1.165, 1.54) is 12.1 Å². The summed E-state index contributed by atoms with van der Waals surface area (Å²) in [5.74, 6) is 0.245. The minimum absolute atomic E-state index is 0.0585. The van der Waals surface area contributed by atoms with E-state index < -0.39 is 4.92 Å². The van der Waals surface area contributed by atoms with Crippen molar-refractivity contribution >= 4 is 13.4 Å². The fraction of sp³-hybridized carbons (Fsp3) is 0.143.